The fourth-order valence-corrected chi connectivity index (χ4v) is 2.28. The van der Waals surface area contributed by atoms with E-state index in [0.29, 0.717) is 13.2 Å². The molecule has 0 aliphatic heterocycles. The summed E-state index contributed by atoms with van der Waals surface area (Å²) in [6.07, 6.45) is 1.14. The summed E-state index contributed by atoms with van der Waals surface area (Å²) in [7, 11) is 1.64. The number of rotatable bonds is 5. The third kappa shape index (κ3) is 2.86. The molecule has 2 aromatic heterocycles. The van der Waals surface area contributed by atoms with E-state index in [-0.39, 0.29) is 5.82 Å². The van der Waals surface area contributed by atoms with E-state index in [1.807, 2.05) is 12.1 Å². The van der Waals surface area contributed by atoms with Gasteiger partial charge in [-0.25, -0.2) is 0 Å². The Morgan fingerprint density at radius 3 is 2.94 bits per heavy atom. The molecular formula is C9H10N4O3S. The molecule has 0 spiro atoms. The zero-order chi connectivity index (χ0) is 12.3. The van der Waals surface area contributed by atoms with Gasteiger partial charge in [0.2, 0.25) is 0 Å². The van der Waals surface area contributed by atoms with Gasteiger partial charge < -0.3 is 14.9 Å². The van der Waals surface area contributed by atoms with E-state index in [9.17, 15) is 10.1 Å². The van der Waals surface area contributed by atoms with Crippen molar-refractivity contribution in [2.24, 2.45) is 0 Å². The summed E-state index contributed by atoms with van der Waals surface area (Å²) in [5, 5.41) is 18.0. The van der Waals surface area contributed by atoms with Gasteiger partial charge in [-0.05, 0) is 17.1 Å². The molecule has 2 rings (SSSR count). The average Bonchev–Trinajstić information content (AvgIpc) is 2.89. The lowest BCUT2D eigenvalue weighted by atomic mass is 10.4. The SMILES string of the molecule is COCc1ccc(Cn2ncc([N+](=O)[O-])n2)s1. The Balaban J connectivity index is 2.05. The molecule has 0 aromatic carbocycles. The Morgan fingerprint density at radius 2 is 2.29 bits per heavy atom. The summed E-state index contributed by atoms with van der Waals surface area (Å²) in [4.78, 5) is 13.3. The van der Waals surface area contributed by atoms with Crippen LogP contribution >= 0.6 is 11.3 Å². The Bertz CT molecular complexity index is 522. The summed E-state index contributed by atoms with van der Waals surface area (Å²) >= 11 is 1.57. The van der Waals surface area contributed by atoms with Crippen molar-refractivity contribution in [1.82, 2.24) is 15.0 Å². The van der Waals surface area contributed by atoms with E-state index in [1.165, 1.54) is 4.80 Å². The summed E-state index contributed by atoms with van der Waals surface area (Å²) in [5.41, 5.74) is 0. The molecule has 0 amide bonds. The molecule has 0 atom stereocenters. The standard InChI is InChI=1S/C9H10N4O3S/c1-16-6-8-3-2-7(17-8)5-12-10-4-9(11-12)13(14)15/h2-4H,5-6H2,1H3. The second kappa shape index (κ2) is 5.02. The highest BCUT2D eigenvalue weighted by atomic mass is 32.1. The highest BCUT2D eigenvalue weighted by molar-refractivity contribution is 7.11. The van der Waals surface area contributed by atoms with Crippen LogP contribution in [0.25, 0.3) is 0 Å². The first kappa shape index (κ1) is 11.7. The number of nitrogens with zero attached hydrogens (tertiary/aromatic N) is 4. The Kier molecular flexibility index (Phi) is 3.45. The van der Waals surface area contributed by atoms with Gasteiger partial charge in [-0.1, -0.05) is 4.80 Å². The number of hydrogen-bond acceptors (Lipinski definition) is 6. The van der Waals surface area contributed by atoms with Crippen molar-refractivity contribution in [3.8, 4) is 0 Å². The van der Waals surface area contributed by atoms with Gasteiger partial charge in [0.05, 0.1) is 11.7 Å². The first-order chi connectivity index (χ1) is 8.19. The van der Waals surface area contributed by atoms with Crippen molar-refractivity contribution < 1.29 is 9.66 Å². The van der Waals surface area contributed by atoms with Crippen LogP contribution in [0.15, 0.2) is 18.3 Å². The van der Waals surface area contributed by atoms with Gasteiger partial charge in [-0.2, -0.15) is 0 Å². The van der Waals surface area contributed by atoms with Gasteiger partial charge in [0, 0.05) is 16.9 Å². The third-order valence-electron chi connectivity index (χ3n) is 2.01. The van der Waals surface area contributed by atoms with Gasteiger partial charge in [0.15, 0.2) is 6.20 Å². The maximum Gasteiger partial charge on any atom is 0.410 e. The molecule has 17 heavy (non-hydrogen) atoms. The van der Waals surface area contributed by atoms with Crippen LogP contribution in [-0.2, 0) is 17.9 Å². The highest BCUT2D eigenvalue weighted by Gasteiger charge is 2.13. The molecule has 2 aromatic rings. The van der Waals surface area contributed by atoms with E-state index in [0.717, 1.165) is 16.0 Å². The number of thiophene rings is 1. The van der Waals surface area contributed by atoms with Crippen LogP contribution in [0, 0.1) is 10.1 Å². The topological polar surface area (TPSA) is 83.1 Å². The fraction of sp³-hybridized carbons (Fsp3) is 0.333. The zero-order valence-electron chi connectivity index (χ0n) is 9.07. The number of nitro groups is 1. The fourth-order valence-electron chi connectivity index (χ4n) is 1.31. The zero-order valence-corrected chi connectivity index (χ0v) is 9.88. The van der Waals surface area contributed by atoms with Gasteiger partial charge in [0.25, 0.3) is 0 Å². The van der Waals surface area contributed by atoms with Gasteiger partial charge >= 0.3 is 5.82 Å². The maximum absolute atomic E-state index is 10.4. The smallest absolute Gasteiger partial charge is 0.379 e. The third-order valence-corrected chi connectivity index (χ3v) is 3.06. The molecule has 0 bridgehead atoms. The van der Waals surface area contributed by atoms with Gasteiger partial charge in [-0.15, -0.1) is 16.4 Å². The predicted octanol–water partition coefficient (Wildman–Crippen LogP) is 1.44. The lowest BCUT2D eigenvalue weighted by Gasteiger charge is -1.92. The van der Waals surface area contributed by atoms with E-state index < -0.39 is 4.92 Å². The molecule has 2 heterocycles. The van der Waals surface area contributed by atoms with Crippen molar-refractivity contribution in [1.29, 1.82) is 0 Å². The highest BCUT2D eigenvalue weighted by Crippen LogP contribution is 2.18. The maximum atomic E-state index is 10.4. The van der Waals surface area contributed by atoms with Crippen LogP contribution in [-0.4, -0.2) is 27.0 Å². The second-order valence-electron chi connectivity index (χ2n) is 3.29. The molecule has 90 valence electrons. The average molecular weight is 254 g/mol. The minimum Gasteiger partial charge on any atom is -0.379 e. The van der Waals surface area contributed by atoms with Gasteiger partial charge in [-0.3, -0.25) is 0 Å². The number of methoxy groups -OCH3 is 1. The number of ether oxygens (including phenoxy) is 1. The second-order valence-corrected chi connectivity index (χ2v) is 4.54. The largest absolute Gasteiger partial charge is 0.410 e. The molecule has 0 aliphatic carbocycles. The molecule has 8 heteroatoms. The van der Waals surface area contributed by atoms with Crippen LogP contribution in [0.4, 0.5) is 5.82 Å². The predicted molar refractivity (Wildman–Crippen MR) is 60.8 cm³/mol. The molecule has 0 aliphatic rings. The lowest BCUT2D eigenvalue weighted by Crippen LogP contribution is -2.02. The summed E-state index contributed by atoms with van der Waals surface area (Å²) in [6.45, 7) is 1.000. The van der Waals surface area contributed by atoms with Crippen LogP contribution in [0.2, 0.25) is 0 Å². The first-order valence-corrected chi connectivity index (χ1v) is 5.61. The van der Waals surface area contributed by atoms with E-state index in [4.69, 9.17) is 4.74 Å². The molecule has 0 radical (unpaired) electrons. The monoisotopic (exact) mass is 254 g/mol. The number of hydrogen-bond donors (Lipinski definition) is 0. The summed E-state index contributed by atoms with van der Waals surface area (Å²) < 4.78 is 5.01. The molecule has 0 saturated heterocycles. The molecular weight excluding hydrogens is 244 g/mol. The first-order valence-electron chi connectivity index (χ1n) is 4.80. The Labute approximate surface area is 101 Å². The number of aromatic nitrogens is 3. The van der Waals surface area contributed by atoms with Crippen molar-refractivity contribution in [2.45, 2.75) is 13.2 Å². The molecule has 0 saturated carbocycles. The molecule has 0 unspecified atom stereocenters. The van der Waals surface area contributed by atoms with Crippen LogP contribution in [0.3, 0.4) is 0 Å². The van der Waals surface area contributed by atoms with E-state index in [2.05, 4.69) is 10.2 Å². The molecule has 0 fully saturated rings. The van der Waals surface area contributed by atoms with Crippen molar-refractivity contribution in [2.75, 3.05) is 7.11 Å². The summed E-state index contributed by atoms with van der Waals surface area (Å²) in [5.74, 6) is -0.237. The normalized spacial score (nSPS) is 10.6. The molecule has 7 nitrogen and oxygen atoms in total. The van der Waals surface area contributed by atoms with Gasteiger partial charge in [0.1, 0.15) is 6.54 Å². The van der Waals surface area contributed by atoms with E-state index >= 15 is 0 Å². The van der Waals surface area contributed by atoms with E-state index in [1.54, 1.807) is 18.4 Å². The van der Waals surface area contributed by atoms with Crippen LogP contribution in [0.5, 0.6) is 0 Å². The summed E-state index contributed by atoms with van der Waals surface area (Å²) in [6, 6.07) is 3.90. The molecule has 0 N–H and O–H groups in total. The van der Waals surface area contributed by atoms with Crippen molar-refractivity contribution in [3.63, 3.8) is 0 Å². The van der Waals surface area contributed by atoms with Crippen LogP contribution in [0.1, 0.15) is 9.75 Å². The Hall–Kier alpha value is -1.80. The minimum atomic E-state index is -0.561. The van der Waals surface area contributed by atoms with Crippen molar-refractivity contribution >= 4 is 17.2 Å². The lowest BCUT2D eigenvalue weighted by molar-refractivity contribution is -0.389. The van der Waals surface area contributed by atoms with Crippen molar-refractivity contribution in [3.05, 3.63) is 38.2 Å². The Morgan fingerprint density at radius 1 is 1.53 bits per heavy atom. The minimum absolute atomic E-state index is 0.237. The quantitative estimate of drug-likeness (QED) is 0.595. The van der Waals surface area contributed by atoms with Crippen LogP contribution < -0.4 is 0 Å².